The molecule has 1 heterocycles. The number of nitrogens with zero attached hydrogens (tertiary/aromatic N) is 2. The highest BCUT2D eigenvalue weighted by Crippen LogP contribution is 2.35. The first-order valence-corrected chi connectivity index (χ1v) is 6.96. The summed E-state index contributed by atoms with van der Waals surface area (Å²) < 4.78 is 24.6. The van der Waals surface area contributed by atoms with Gasteiger partial charge in [-0.05, 0) is 24.1 Å². The van der Waals surface area contributed by atoms with Gasteiger partial charge in [0, 0.05) is 5.70 Å². The van der Waals surface area contributed by atoms with Gasteiger partial charge in [0.2, 0.25) is 10.0 Å². The number of benzene rings is 1. The first-order chi connectivity index (χ1) is 7.95. The Kier molecular flexibility index (Phi) is 2.68. The number of hydrogen-bond donors (Lipinski definition) is 0. The number of fused-ring (bicyclic) bond motifs is 1. The van der Waals surface area contributed by atoms with Crippen LogP contribution < -0.4 is 0 Å². The molecule has 1 aromatic rings. The normalized spacial score (nSPS) is 19.2. The van der Waals surface area contributed by atoms with Gasteiger partial charge in [-0.15, -0.1) is 0 Å². The molecule has 4 nitrogen and oxygen atoms in total. The zero-order chi connectivity index (χ0) is 12.6. The Hall–Kier alpha value is -1.80. The van der Waals surface area contributed by atoms with Gasteiger partial charge in [0.15, 0.2) is 6.04 Å². The van der Waals surface area contributed by atoms with Gasteiger partial charge >= 0.3 is 0 Å². The van der Waals surface area contributed by atoms with Crippen LogP contribution in [0.2, 0.25) is 0 Å². The number of rotatable bonds is 1. The second kappa shape index (κ2) is 3.90. The Bertz CT molecular complexity index is 626. The smallest absolute Gasteiger partial charge is 0.233 e. The van der Waals surface area contributed by atoms with E-state index in [1.54, 1.807) is 25.1 Å². The van der Waals surface area contributed by atoms with E-state index < -0.39 is 16.1 Å². The maximum Gasteiger partial charge on any atom is 0.233 e. The van der Waals surface area contributed by atoms with Gasteiger partial charge in [-0.25, -0.2) is 8.42 Å². The van der Waals surface area contributed by atoms with Gasteiger partial charge in [-0.1, -0.05) is 24.3 Å². The average molecular weight is 248 g/mol. The van der Waals surface area contributed by atoms with Crippen LogP contribution in [0.5, 0.6) is 0 Å². The third-order valence-electron chi connectivity index (χ3n) is 2.72. The zero-order valence-corrected chi connectivity index (χ0v) is 10.4. The molecule has 0 radical (unpaired) electrons. The lowest BCUT2D eigenvalue weighted by atomic mass is 9.97. The standard InChI is InChI=1S/C12H12N2O2S/c1-9-7-10-5-3-4-6-11(10)12(8-13)14(9)17(2,15)16/h3-7,12H,1-2H3. The summed E-state index contributed by atoms with van der Waals surface area (Å²) in [6, 6.07) is 8.61. The van der Waals surface area contributed by atoms with Gasteiger partial charge in [-0.3, -0.25) is 4.31 Å². The number of allylic oxidation sites excluding steroid dienone is 1. The summed E-state index contributed by atoms with van der Waals surface area (Å²) in [5.41, 5.74) is 2.19. The molecule has 0 saturated carbocycles. The van der Waals surface area contributed by atoms with Crippen molar-refractivity contribution in [2.24, 2.45) is 0 Å². The molecule has 1 unspecified atom stereocenters. The Morgan fingerprint density at radius 3 is 2.59 bits per heavy atom. The predicted molar refractivity (Wildman–Crippen MR) is 65.1 cm³/mol. The molecule has 0 bridgehead atoms. The van der Waals surface area contributed by atoms with Crippen LogP contribution in [-0.4, -0.2) is 19.0 Å². The molecule has 1 aliphatic rings. The highest BCUT2D eigenvalue weighted by atomic mass is 32.2. The number of sulfonamides is 1. The number of nitriles is 1. The van der Waals surface area contributed by atoms with Crippen LogP contribution in [0.25, 0.3) is 6.08 Å². The summed E-state index contributed by atoms with van der Waals surface area (Å²) in [6.45, 7) is 1.70. The molecule has 1 aromatic carbocycles. The summed E-state index contributed by atoms with van der Waals surface area (Å²) in [4.78, 5) is 0. The number of hydrogen-bond acceptors (Lipinski definition) is 3. The highest BCUT2D eigenvalue weighted by Gasteiger charge is 2.32. The molecule has 0 aromatic heterocycles. The molecule has 5 heteroatoms. The van der Waals surface area contributed by atoms with E-state index in [0.717, 1.165) is 21.7 Å². The van der Waals surface area contributed by atoms with E-state index >= 15 is 0 Å². The molecule has 2 rings (SSSR count). The topological polar surface area (TPSA) is 61.2 Å². The van der Waals surface area contributed by atoms with Crippen molar-refractivity contribution in [3.05, 3.63) is 41.1 Å². The molecule has 17 heavy (non-hydrogen) atoms. The van der Waals surface area contributed by atoms with Gasteiger partial charge in [0.25, 0.3) is 0 Å². The third kappa shape index (κ3) is 1.92. The molecule has 0 aliphatic carbocycles. The Balaban J connectivity index is 2.68. The lowest BCUT2D eigenvalue weighted by Gasteiger charge is -2.32. The average Bonchev–Trinajstić information content (AvgIpc) is 2.25. The lowest BCUT2D eigenvalue weighted by molar-refractivity contribution is 0.441. The Morgan fingerprint density at radius 2 is 2.00 bits per heavy atom. The van der Waals surface area contributed by atoms with Crippen LogP contribution in [0.1, 0.15) is 24.1 Å². The van der Waals surface area contributed by atoms with Crippen molar-refractivity contribution in [3.63, 3.8) is 0 Å². The second-order valence-electron chi connectivity index (χ2n) is 4.01. The molecule has 0 saturated heterocycles. The summed E-state index contributed by atoms with van der Waals surface area (Å²) >= 11 is 0. The summed E-state index contributed by atoms with van der Waals surface area (Å²) in [5, 5.41) is 9.21. The molecule has 0 N–H and O–H groups in total. The van der Waals surface area contributed by atoms with Crippen LogP contribution >= 0.6 is 0 Å². The SMILES string of the molecule is CC1=Cc2ccccc2C(C#N)N1S(C)(=O)=O. The summed E-state index contributed by atoms with van der Waals surface area (Å²) in [5.74, 6) is 0. The third-order valence-corrected chi connectivity index (χ3v) is 3.93. The van der Waals surface area contributed by atoms with Gasteiger partial charge < -0.3 is 0 Å². The lowest BCUT2D eigenvalue weighted by Crippen LogP contribution is -2.34. The Labute approximate surface area is 101 Å². The van der Waals surface area contributed by atoms with E-state index in [0.29, 0.717) is 5.70 Å². The van der Waals surface area contributed by atoms with E-state index in [9.17, 15) is 13.7 Å². The first-order valence-electron chi connectivity index (χ1n) is 5.11. The minimum Gasteiger partial charge on any atom is -0.253 e. The molecular weight excluding hydrogens is 236 g/mol. The minimum absolute atomic E-state index is 0.567. The fourth-order valence-electron chi connectivity index (χ4n) is 2.08. The minimum atomic E-state index is -3.44. The van der Waals surface area contributed by atoms with Crippen molar-refractivity contribution >= 4 is 16.1 Å². The predicted octanol–water partition coefficient (Wildman–Crippen LogP) is 1.89. The summed E-state index contributed by atoms with van der Waals surface area (Å²) in [6.07, 6.45) is 2.90. The van der Waals surface area contributed by atoms with Crippen molar-refractivity contribution < 1.29 is 8.42 Å². The van der Waals surface area contributed by atoms with Crippen molar-refractivity contribution in [1.29, 1.82) is 5.26 Å². The monoisotopic (exact) mass is 248 g/mol. The molecule has 1 atom stereocenters. The molecule has 0 amide bonds. The van der Waals surface area contributed by atoms with E-state index in [1.807, 2.05) is 12.1 Å². The maximum atomic E-state index is 11.7. The molecule has 0 fully saturated rings. The van der Waals surface area contributed by atoms with Gasteiger partial charge in [-0.2, -0.15) is 5.26 Å². The van der Waals surface area contributed by atoms with Crippen molar-refractivity contribution in [2.75, 3.05) is 6.26 Å². The fourth-order valence-corrected chi connectivity index (χ4v) is 3.20. The maximum absolute atomic E-state index is 11.7. The fraction of sp³-hybridized carbons (Fsp3) is 0.250. The van der Waals surface area contributed by atoms with Crippen LogP contribution in [0.15, 0.2) is 30.0 Å². The van der Waals surface area contributed by atoms with Crippen LogP contribution in [0.3, 0.4) is 0 Å². The van der Waals surface area contributed by atoms with Crippen LogP contribution in [0.4, 0.5) is 0 Å². The van der Waals surface area contributed by atoms with E-state index in [4.69, 9.17) is 0 Å². The quantitative estimate of drug-likeness (QED) is 0.762. The van der Waals surface area contributed by atoms with Crippen molar-refractivity contribution in [3.8, 4) is 6.07 Å². The van der Waals surface area contributed by atoms with Gasteiger partial charge in [0.05, 0.1) is 12.3 Å². The van der Waals surface area contributed by atoms with Gasteiger partial charge in [0.1, 0.15) is 0 Å². The molecule has 0 spiro atoms. The van der Waals surface area contributed by atoms with Crippen molar-refractivity contribution in [2.45, 2.75) is 13.0 Å². The van der Waals surface area contributed by atoms with Crippen molar-refractivity contribution in [1.82, 2.24) is 4.31 Å². The molecular formula is C12H12N2O2S. The summed E-state index contributed by atoms with van der Waals surface area (Å²) in [7, 11) is -3.44. The van der Waals surface area contributed by atoms with Crippen LogP contribution in [0, 0.1) is 11.3 Å². The highest BCUT2D eigenvalue weighted by molar-refractivity contribution is 7.88. The zero-order valence-electron chi connectivity index (χ0n) is 9.58. The second-order valence-corrected chi connectivity index (χ2v) is 5.86. The molecule has 1 aliphatic heterocycles. The van der Waals surface area contributed by atoms with E-state index in [2.05, 4.69) is 6.07 Å². The molecule has 88 valence electrons. The Morgan fingerprint density at radius 1 is 1.35 bits per heavy atom. The van der Waals surface area contributed by atoms with Crippen LogP contribution in [-0.2, 0) is 10.0 Å². The van der Waals surface area contributed by atoms with E-state index in [1.165, 1.54) is 0 Å². The first kappa shape index (κ1) is 11.7. The largest absolute Gasteiger partial charge is 0.253 e. The van der Waals surface area contributed by atoms with E-state index in [-0.39, 0.29) is 0 Å².